The van der Waals surface area contributed by atoms with E-state index in [9.17, 15) is 19.2 Å². The standard InChI is InChI=1S/C13H13ClN4O4/c1-17-7-11(20)18(13(17)22)6-10(19)15-16-12(21)8-3-2-4-9(14)5-8/h2-5H,6-7H2,1H3,(H,15,19)(H,16,21). The minimum absolute atomic E-state index is 0.0685. The second kappa shape index (κ2) is 6.44. The molecule has 9 heteroatoms. The van der Waals surface area contributed by atoms with E-state index < -0.39 is 30.3 Å². The molecule has 1 fully saturated rings. The van der Waals surface area contributed by atoms with Crippen LogP contribution in [0.4, 0.5) is 4.79 Å². The third kappa shape index (κ3) is 3.53. The van der Waals surface area contributed by atoms with Crippen LogP contribution in [0.2, 0.25) is 5.02 Å². The molecule has 0 bridgehead atoms. The summed E-state index contributed by atoms with van der Waals surface area (Å²) in [5.41, 5.74) is 4.58. The van der Waals surface area contributed by atoms with Crippen molar-refractivity contribution >= 4 is 35.4 Å². The monoisotopic (exact) mass is 324 g/mol. The molecule has 2 rings (SSSR count). The molecule has 0 aliphatic carbocycles. The van der Waals surface area contributed by atoms with Crippen molar-refractivity contribution in [2.45, 2.75) is 0 Å². The fourth-order valence-corrected chi connectivity index (χ4v) is 2.03. The van der Waals surface area contributed by atoms with Gasteiger partial charge in [0, 0.05) is 17.6 Å². The second-order valence-electron chi connectivity index (χ2n) is 4.63. The van der Waals surface area contributed by atoms with Gasteiger partial charge in [-0.25, -0.2) is 4.79 Å². The van der Waals surface area contributed by atoms with Crippen molar-refractivity contribution in [2.24, 2.45) is 0 Å². The van der Waals surface area contributed by atoms with Gasteiger partial charge in [0.2, 0.25) is 0 Å². The molecule has 8 nitrogen and oxygen atoms in total. The van der Waals surface area contributed by atoms with Gasteiger partial charge < -0.3 is 4.90 Å². The van der Waals surface area contributed by atoms with Crippen molar-refractivity contribution < 1.29 is 19.2 Å². The van der Waals surface area contributed by atoms with Crippen LogP contribution in [-0.2, 0) is 9.59 Å². The van der Waals surface area contributed by atoms with Gasteiger partial charge in [-0.1, -0.05) is 17.7 Å². The number of imide groups is 1. The van der Waals surface area contributed by atoms with Crippen LogP contribution < -0.4 is 10.9 Å². The number of benzene rings is 1. The summed E-state index contributed by atoms with van der Waals surface area (Å²) < 4.78 is 0. The number of nitrogens with one attached hydrogen (secondary N) is 2. The summed E-state index contributed by atoms with van der Waals surface area (Å²) >= 11 is 5.76. The molecule has 5 amide bonds. The van der Waals surface area contributed by atoms with Gasteiger partial charge in [0.1, 0.15) is 13.1 Å². The smallest absolute Gasteiger partial charge is 0.318 e. The fourth-order valence-electron chi connectivity index (χ4n) is 1.84. The lowest BCUT2D eigenvalue weighted by Crippen LogP contribution is -2.47. The minimum atomic E-state index is -0.688. The zero-order chi connectivity index (χ0) is 16.3. The van der Waals surface area contributed by atoms with Gasteiger partial charge in [0.25, 0.3) is 17.7 Å². The summed E-state index contributed by atoms with van der Waals surface area (Å²) in [6.45, 7) is -0.529. The van der Waals surface area contributed by atoms with E-state index in [2.05, 4.69) is 10.9 Å². The molecule has 1 aliphatic rings. The van der Waals surface area contributed by atoms with Crippen LogP contribution in [0, 0.1) is 0 Å². The van der Waals surface area contributed by atoms with Crippen LogP contribution in [0.5, 0.6) is 0 Å². The number of urea groups is 1. The molecule has 0 atom stereocenters. The first-order chi connectivity index (χ1) is 10.4. The lowest BCUT2D eigenvalue weighted by molar-refractivity contribution is -0.131. The molecule has 1 aromatic carbocycles. The molecule has 0 aromatic heterocycles. The Bertz CT molecular complexity index is 649. The number of carbonyl (C=O) groups excluding carboxylic acids is 4. The van der Waals surface area contributed by atoms with Crippen LogP contribution >= 0.6 is 11.6 Å². The Morgan fingerprint density at radius 1 is 1.27 bits per heavy atom. The summed E-state index contributed by atoms with van der Waals surface area (Å²) in [5.74, 6) is -1.72. The SMILES string of the molecule is CN1CC(=O)N(CC(=O)NNC(=O)c2cccc(Cl)c2)C1=O. The van der Waals surface area contributed by atoms with E-state index in [1.54, 1.807) is 12.1 Å². The number of hydrogen-bond donors (Lipinski definition) is 2. The number of rotatable bonds is 3. The van der Waals surface area contributed by atoms with E-state index in [0.29, 0.717) is 5.02 Å². The van der Waals surface area contributed by atoms with Crippen LogP contribution in [0.15, 0.2) is 24.3 Å². The Kier molecular flexibility index (Phi) is 4.62. The van der Waals surface area contributed by atoms with Gasteiger partial charge in [-0.2, -0.15) is 0 Å². The van der Waals surface area contributed by atoms with Crippen molar-refractivity contribution in [3.05, 3.63) is 34.9 Å². The summed E-state index contributed by atoms with van der Waals surface area (Å²) in [6.07, 6.45) is 0. The van der Waals surface area contributed by atoms with Gasteiger partial charge in [0.05, 0.1) is 0 Å². The van der Waals surface area contributed by atoms with Gasteiger partial charge >= 0.3 is 6.03 Å². The quantitative estimate of drug-likeness (QED) is 0.603. The van der Waals surface area contributed by atoms with Gasteiger partial charge in [-0.15, -0.1) is 0 Å². The largest absolute Gasteiger partial charge is 0.327 e. The highest BCUT2D eigenvalue weighted by Crippen LogP contribution is 2.10. The zero-order valence-corrected chi connectivity index (χ0v) is 12.4. The molecule has 22 heavy (non-hydrogen) atoms. The van der Waals surface area contributed by atoms with E-state index in [1.807, 2.05) is 0 Å². The zero-order valence-electron chi connectivity index (χ0n) is 11.6. The highest BCUT2D eigenvalue weighted by molar-refractivity contribution is 6.30. The first kappa shape index (κ1) is 15.8. The summed E-state index contributed by atoms with van der Waals surface area (Å²) in [4.78, 5) is 48.6. The normalized spacial score (nSPS) is 14.3. The molecule has 0 saturated carbocycles. The average Bonchev–Trinajstić information content (AvgIpc) is 2.71. The molecule has 1 aliphatic heterocycles. The van der Waals surface area contributed by atoms with Gasteiger partial charge in [0.15, 0.2) is 0 Å². The number of hydrogen-bond acceptors (Lipinski definition) is 4. The van der Waals surface area contributed by atoms with Crippen LogP contribution in [-0.4, -0.2) is 53.7 Å². The van der Waals surface area contributed by atoms with E-state index >= 15 is 0 Å². The van der Waals surface area contributed by atoms with Crippen LogP contribution in [0.25, 0.3) is 0 Å². The fraction of sp³-hybridized carbons (Fsp3) is 0.231. The van der Waals surface area contributed by atoms with E-state index in [0.717, 1.165) is 4.90 Å². The number of hydrazine groups is 1. The molecular weight excluding hydrogens is 312 g/mol. The Morgan fingerprint density at radius 2 is 2.00 bits per heavy atom. The molecule has 1 aromatic rings. The predicted molar refractivity (Wildman–Crippen MR) is 76.8 cm³/mol. The topological polar surface area (TPSA) is 98.8 Å². The Hall–Kier alpha value is -2.61. The minimum Gasteiger partial charge on any atom is -0.318 e. The maximum atomic E-state index is 11.8. The molecule has 0 unspecified atom stereocenters. The summed E-state index contributed by atoms with van der Waals surface area (Å²) in [7, 11) is 1.46. The number of nitrogens with zero attached hydrogens (tertiary/aromatic N) is 2. The lowest BCUT2D eigenvalue weighted by Gasteiger charge is -2.14. The number of amides is 5. The van der Waals surface area contributed by atoms with Crippen LogP contribution in [0.3, 0.4) is 0 Å². The maximum absolute atomic E-state index is 11.8. The molecule has 2 N–H and O–H groups in total. The summed E-state index contributed by atoms with van der Waals surface area (Å²) in [6, 6.07) is 5.61. The first-order valence-electron chi connectivity index (χ1n) is 6.28. The van der Waals surface area contributed by atoms with Crippen molar-refractivity contribution in [2.75, 3.05) is 20.1 Å². The maximum Gasteiger partial charge on any atom is 0.327 e. The second-order valence-corrected chi connectivity index (χ2v) is 5.07. The van der Waals surface area contributed by atoms with Crippen molar-refractivity contribution in [1.82, 2.24) is 20.7 Å². The molecule has 0 radical (unpaired) electrons. The van der Waals surface area contributed by atoms with Crippen molar-refractivity contribution in [3.8, 4) is 0 Å². The van der Waals surface area contributed by atoms with Gasteiger partial charge in [-0.05, 0) is 18.2 Å². The molecule has 1 saturated heterocycles. The Labute approximate surface area is 131 Å². The van der Waals surface area contributed by atoms with Gasteiger partial charge in [-0.3, -0.25) is 30.1 Å². The van der Waals surface area contributed by atoms with E-state index in [1.165, 1.54) is 24.1 Å². The first-order valence-corrected chi connectivity index (χ1v) is 6.66. The summed E-state index contributed by atoms with van der Waals surface area (Å²) in [5, 5.41) is 0.385. The predicted octanol–water partition coefficient (Wildman–Crippen LogP) is -0.00500. The molecule has 0 spiro atoms. The van der Waals surface area contributed by atoms with E-state index in [-0.39, 0.29) is 12.1 Å². The Morgan fingerprint density at radius 3 is 2.59 bits per heavy atom. The van der Waals surface area contributed by atoms with Crippen molar-refractivity contribution in [1.29, 1.82) is 0 Å². The molecular formula is C13H13ClN4O4. The molecule has 116 valence electrons. The van der Waals surface area contributed by atoms with Crippen molar-refractivity contribution in [3.63, 3.8) is 0 Å². The third-order valence-corrected chi connectivity index (χ3v) is 3.17. The Balaban J connectivity index is 1.87. The number of likely N-dealkylation sites (N-methyl/N-ethyl adjacent to an activating group) is 1. The number of carbonyl (C=O) groups is 4. The third-order valence-electron chi connectivity index (χ3n) is 2.93. The average molecular weight is 325 g/mol. The van der Waals surface area contributed by atoms with E-state index in [4.69, 9.17) is 11.6 Å². The molecule has 1 heterocycles. The highest BCUT2D eigenvalue weighted by atomic mass is 35.5. The number of halogens is 1. The highest BCUT2D eigenvalue weighted by Gasteiger charge is 2.34. The van der Waals surface area contributed by atoms with Crippen LogP contribution in [0.1, 0.15) is 10.4 Å². The lowest BCUT2D eigenvalue weighted by atomic mass is 10.2.